The number of carbonyl (C=O) groups excluding carboxylic acids is 1. The summed E-state index contributed by atoms with van der Waals surface area (Å²) in [6.07, 6.45) is 0.188. The van der Waals surface area contributed by atoms with E-state index in [-0.39, 0.29) is 24.7 Å². The molecule has 1 unspecified atom stereocenters. The summed E-state index contributed by atoms with van der Waals surface area (Å²) < 4.78 is 4.98. The number of ketones is 1. The molecule has 5 heteroatoms. The summed E-state index contributed by atoms with van der Waals surface area (Å²) in [5, 5.41) is 10.3. The zero-order chi connectivity index (χ0) is 12.8. The molecule has 0 aliphatic heterocycles. The topological polar surface area (TPSA) is 69.4 Å². The highest BCUT2D eigenvalue weighted by molar-refractivity contribution is 5.96. The molecule has 0 aliphatic rings. The summed E-state index contributed by atoms with van der Waals surface area (Å²) in [4.78, 5) is 21.7. The van der Waals surface area contributed by atoms with Gasteiger partial charge in [0.2, 0.25) is 6.54 Å². The third-order valence-electron chi connectivity index (χ3n) is 2.41. The number of Topliss-reactive ketones (excluding diaryl/α,β-unsaturated/α-hetero) is 1. The molecule has 1 aromatic carbocycles. The highest BCUT2D eigenvalue weighted by atomic mass is 16.6. The van der Waals surface area contributed by atoms with Gasteiger partial charge in [-0.3, -0.25) is 14.9 Å². The Kier molecular flexibility index (Phi) is 4.63. The molecular formula is C12H15NO4. The first kappa shape index (κ1) is 13.2. The minimum absolute atomic E-state index is 0.0815. The van der Waals surface area contributed by atoms with Crippen molar-refractivity contribution in [3.8, 4) is 5.75 Å². The van der Waals surface area contributed by atoms with E-state index in [1.165, 1.54) is 0 Å². The number of hydrogen-bond acceptors (Lipinski definition) is 4. The summed E-state index contributed by atoms with van der Waals surface area (Å²) >= 11 is 0. The van der Waals surface area contributed by atoms with Crippen molar-refractivity contribution in [2.45, 2.75) is 13.3 Å². The number of nitrogens with zero attached hydrogens (tertiary/aromatic N) is 1. The van der Waals surface area contributed by atoms with E-state index in [9.17, 15) is 14.9 Å². The van der Waals surface area contributed by atoms with Crippen LogP contribution in [-0.4, -0.2) is 24.4 Å². The Balaban J connectivity index is 2.60. The molecule has 0 radical (unpaired) electrons. The van der Waals surface area contributed by atoms with Gasteiger partial charge in [0, 0.05) is 22.8 Å². The molecule has 0 spiro atoms. The van der Waals surface area contributed by atoms with Crippen LogP contribution < -0.4 is 4.74 Å². The highest BCUT2D eigenvalue weighted by Crippen LogP contribution is 2.15. The SMILES string of the molecule is COc1ccc(C(=O)CC(C)C[N+](=O)[O-])cc1. The van der Waals surface area contributed by atoms with Crippen molar-refractivity contribution in [3.05, 3.63) is 39.9 Å². The molecular weight excluding hydrogens is 222 g/mol. The van der Waals surface area contributed by atoms with Crippen LogP contribution in [0.4, 0.5) is 0 Å². The fourth-order valence-corrected chi connectivity index (χ4v) is 1.53. The normalized spacial score (nSPS) is 11.9. The fourth-order valence-electron chi connectivity index (χ4n) is 1.53. The van der Waals surface area contributed by atoms with Crippen molar-refractivity contribution >= 4 is 5.78 Å². The van der Waals surface area contributed by atoms with Crippen LogP contribution in [0, 0.1) is 16.0 Å². The minimum atomic E-state index is -0.397. The van der Waals surface area contributed by atoms with Crippen LogP contribution >= 0.6 is 0 Å². The van der Waals surface area contributed by atoms with Crippen molar-refractivity contribution in [2.24, 2.45) is 5.92 Å². The Bertz CT molecular complexity index is 399. The number of methoxy groups -OCH3 is 1. The molecule has 0 heterocycles. The van der Waals surface area contributed by atoms with E-state index in [2.05, 4.69) is 0 Å². The van der Waals surface area contributed by atoms with Crippen molar-refractivity contribution in [3.63, 3.8) is 0 Å². The number of hydrogen-bond donors (Lipinski definition) is 0. The largest absolute Gasteiger partial charge is 0.497 e. The molecule has 1 rings (SSSR count). The molecule has 0 saturated heterocycles. The molecule has 0 fully saturated rings. The maximum absolute atomic E-state index is 11.8. The van der Waals surface area contributed by atoms with Gasteiger partial charge >= 0.3 is 0 Å². The molecule has 1 atom stereocenters. The summed E-state index contributed by atoms with van der Waals surface area (Å²) in [6, 6.07) is 6.73. The molecule has 0 N–H and O–H groups in total. The molecule has 0 saturated carbocycles. The third-order valence-corrected chi connectivity index (χ3v) is 2.41. The average Bonchev–Trinajstić information content (AvgIpc) is 2.28. The predicted octanol–water partition coefficient (Wildman–Crippen LogP) is 2.18. The lowest BCUT2D eigenvalue weighted by Gasteiger charge is -2.06. The van der Waals surface area contributed by atoms with Crippen LogP contribution in [0.3, 0.4) is 0 Å². The maximum atomic E-state index is 11.8. The zero-order valence-electron chi connectivity index (χ0n) is 9.88. The van der Waals surface area contributed by atoms with Crippen molar-refractivity contribution in [1.29, 1.82) is 0 Å². The lowest BCUT2D eigenvalue weighted by Crippen LogP contribution is -2.15. The Morgan fingerprint density at radius 3 is 2.47 bits per heavy atom. The number of carbonyl (C=O) groups is 1. The molecule has 0 aliphatic carbocycles. The Labute approximate surface area is 99.5 Å². The van der Waals surface area contributed by atoms with Gasteiger partial charge in [0.1, 0.15) is 5.75 Å². The molecule has 17 heavy (non-hydrogen) atoms. The van der Waals surface area contributed by atoms with Gasteiger partial charge in [-0.25, -0.2) is 0 Å². The van der Waals surface area contributed by atoms with Gasteiger partial charge in [-0.2, -0.15) is 0 Å². The first-order valence-corrected chi connectivity index (χ1v) is 5.32. The second kappa shape index (κ2) is 5.98. The quantitative estimate of drug-likeness (QED) is 0.432. The Morgan fingerprint density at radius 1 is 1.41 bits per heavy atom. The first-order valence-electron chi connectivity index (χ1n) is 5.32. The fraction of sp³-hybridized carbons (Fsp3) is 0.417. The van der Waals surface area contributed by atoms with Crippen molar-refractivity contribution in [1.82, 2.24) is 0 Å². The van der Waals surface area contributed by atoms with Crippen molar-refractivity contribution in [2.75, 3.05) is 13.7 Å². The van der Waals surface area contributed by atoms with Gasteiger partial charge in [0.15, 0.2) is 5.78 Å². The maximum Gasteiger partial charge on any atom is 0.206 e. The first-order chi connectivity index (χ1) is 8.02. The highest BCUT2D eigenvalue weighted by Gasteiger charge is 2.15. The van der Waals surface area contributed by atoms with Crippen LogP contribution in [0.15, 0.2) is 24.3 Å². The average molecular weight is 237 g/mol. The van der Waals surface area contributed by atoms with Crippen LogP contribution in [0.25, 0.3) is 0 Å². The van der Waals surface area contributed by atoms with Gasteiger partial charge in [-0.15, -0.1) is 0 Å². The van der Waals surface area contributed by atoms with Crippen molar-refractivity contribution < 1.29 is 14.5 Å². The summed E-state index contributed by atoms with van der Waals surface area (Å²) in [5.74, 6) is 0.349. The smallest absolute Gasteiger partial charge is 0.206 e. The van der Waals surface area contributed by atoms with Gasteiger partial charge in [0.25, 0.3) is 0 Å². The number of ether oxygens (including phenoxy) is 1. The minimum Gasteiger partial charge on any atom is -0.497 e. The van der Waals surface area contributed by atoms with Gasteiger partial charge in [-0.05, 0) is 24.3 Å². The Hall–Kier alpha value is -1.91. The van der Waals surface area contributed by atoms with Crippen LogP contribution in [0.2, 0.25) is 0 Å². The van der Waals surface area contributed by atoms with Crippen LogP contribution in [0.5, 0.6) is 5.75 Å². The van der Waals surface area contributed by atoms with E-state index in [1.807, 2.05) is 0 Å². The number of rotatable bonds is 6. The summed E-state index contributed by atoms with van der Waals surface area (Å²) in [6.45, 7) is 1.52. The van der Waals surface area contributed by atoms with E-state index >= 15 is 0 Å². The Morgan fingerprint density at radius 2 is 2.00 bits per heavy atom. The summed E-state index contributed by atoms with van der Waals surface area (Å²) in [7, 11) is 1.55. The molecule has 0 amide bonds. The van der Waals surface area contributed by atoms with E-state index in [0.29, 0.717) is 11.3 Å². The monoisotopic (exact) mass is 237 g/mol. The van der Waals surface area contributed by atoms with E-state index < -0.39 is 4.92 Å². The second-order valence-electron chi connectivity index (χ2n) is 3.98. The third kappa shape index (κ3) is 4.22. The van der Waals surface area contributed by atoms with E-state index in [1.54, 1.807) is 38.3 Å². The molecule has 5 nitrogen and oxygen atoms in total. The van der Waals surface area contributed by atoms with Gasteiger partial charge in [-0.1, -0.05) is 6.92 Å². The number of benzene rings is 1. The lowest BCUT2D eigenvalue weighted by atomic mass is 10.00. The predicted molar refractivity (Wildman–Crippen MR) is 63.0 cm³/mol. The standard InChI is InChI=1S/C12H15NO4/c1-9(8-13(15)16)7-12(14)10-3-5-11(17-2)6-4-10/h3-6,9H,7-8H2,1-2H3. The van der Waals surface area contributed by atoms with Gasteiger partial charge < -0.3 is 4.74 Å². The molecule has 92 valence electrons. The molecule has 0 bridgehead atoms. The summed E-state index contributed by atoms with van der Waals surface area (Å²) in [5.41, 5.74) is 0.556. The number of nitro groups is 1. The van der Waals surface area contributed by atoms with E-state index in [0.717, 1.165) is 0 Å². The molecule has 1 aromatic rings. The molecule has 0 aromatic heterocycles. The lowest BCUT2D eigenvalue weighted by molar-refractivity contribution is -0.487. The van der Waals surface area contributed by atoms with Crippen LogP contribution in [-0.2, 0) is 0 Å². The second-order valence-corrected chi connectivity index (χ2v) is 3.98. The van der Waals surface area contributed by atoms with Gasteiger partial charge in [0.05, 0.1) is 7.11 Å². The van der Waals surface area contributed by atoms with Crippen LogP contribution in [0.1, 0.15) is 23.7 Å². The van der Waals surface area contributed by atoms with E-state index in [4.69, 9.17) is 4.74 Å². The zero-order valence-corrected chi connectivity index (χ0v) is 9.88.